The van der Waals surface area contributed by atoms with Crippen molar-refractivity contribution in [1.29, 1.82) is 0 Å². The molecule has 3 atom stereocenters. The molecule has 2 fully saturated rings. The second-order valence-corrected chi connectivity index (χ2v) is 4.27. The van der Waals surface area contributed by atoms with Gasteiger partial charge in [0.15, 0.2) is 0 Å². The molecule has 2 unspecified atom stereocenters. The molecule has 0 spiro atoms. The number of nitrogens with one attached hydrogen (secondary N) is 1. The molecular weight excluding hydrogens is 134 g/mol. The minimum absolute atomic E-state index is 0.882. The van der Waals surface area contributed by atoms with E-state index in [4.69, 9.17) is 0 Å². The van der Waals surface area contributed by atoms with Crippen LogP contribution < -0.4 is 5.32 Å². The second-order valence-electron chi connectivity index (χ2n) is 4.27. The molecule has 64 valence electrons. The highest BCUT2D eigenvalue weighted by molar-refractivity contribution is 4.87. The van der Waals surface area contributed by atoms with Gasteiger partial charge < -0.3 is 5.32 Å². The second kappa shape index (κ2) is 3.14. The van der Waals surface area contributed by atoms with Crippen LogP contribution in [0.1, 0.15) is 39.0 Å². The maximum atomic E-state index is 3.65. The van der Waals surface area contributed by atoms with Gasteiger partial charge in [0, 0.05) is 6.04 Å². The van der Waals surface area contributed by atoms with E-state index in [1.165, 1.54) is 38.6 Å². The largest absolute Gasteiger partial charge is 0.314 e. The molecule has 0 aromatic rings. The lowest BCUT2D eigenvalue weighted by atomic mass is 9.73. The smallest absolute Gasteiger partial charge is 0.00978 e. The van der Waals surface area contributed by atoms with E-state index in [-0.39, 0.29) is 0 Å². The highest BCUT2D eigenvalue weighted by Gasteiger charge is 2.31. The van der Waals surface area contributed by atoms with Gasteiger partial charge in [0.1, 0.15) is 0 Å². The molecule has 1 heteroatoms. The van der Waals surface area contributed by atoms with Crippen molar-refractivity contribution in [1.82, 2.24) is 5.32 Å². The maximum absolute atomic E-state index is 3.65. The van der Waals surface area contributed by atoms with Crippen molar-refractivity contribution in [3.63, 3.8) is 0 Å². The molecule has 2 aliphatic rings. The lowest BCUT2D eigenvalue weighted by Crippen LogP contribution is -2.45. The Kier molecular flexibility index (Phi) is 2.17. The fourth-order valence-corrected chi connectivity index (χ4v) is 2.85. The summed E-state index contributed by atoms with van der Waals surface area (Å²) in [4.78, 5) is 0. The number of hydrogen-bond donors (Lipinski definition) is 1. The zero-order valence-electron chi connectivity index (χ0n) is 7.47. The normalized spacial score (nSPS) is 45.0. The van der Waals surface area contributed by atoms with Gasteiger partial charge in [0.05, 0.1) is 0 Å². The number of rotatable bonds is 0. The van der Waals surface area contributed by atoms with Gasteiger partial charge in [-0.05, 0) is 37.6 Å². The van der Waals surface area contributed by atoms with Gasteiger partial charge in [-0.1, -0.05) is 19.8 Å². The number of hydrogen-bond acceptors (Lipinski definition) is 1. The average Bonchev–Trinajstić information content (AvgIpc) is 2.06. The van der Waals surface area contributed by atoms with E-state index in [0.29, 0.717) is 0 Å². The Bertz CT molecular complexity index is 131. The van der Waals surface area contributed by atoms with Crippen LogP contribution in [0.4, 0.5) is 0 Å². The van der Waals surface area contributed by atoms with E-state index in [1.807, 2.05) is 0 Å². The van der Waals surface area contributed by atoms with E-state index >= 15 is 0 Å². The summed E-state index contributed by atoms with van der Waals surface area (Å²) in [5, 5.41) is 3.65. The summed E-state index contributed by atoms with van der Waals surface area (Å²) in [5.74, 6) is 2.00. The summed E-state index contributed by atoms with van der Waals surface area (Å²) in [7, 11) is 0. The van der Waals surface area contributed by atoms with Gasteiger partial charge in [0.25, 0.3) is 0 Å². The minimum Gasteiger partial charge on any atom is -0.314 e. The summed E-state index contributed by atoms with van der Waals surface area (Å²) < 4.78 is 0. The fraction of sp³-hybridized carbons (Fsp3) is 1.00. The molecule has 1 saturated heterocycles. The first-order chi connectivity index (χ1) is 5.38. The molecule has 1 aliphatic carbocycles. The van der Waals surface area contributed by atoms with Crippen molar-refractivity contribution in [3.8, 4) is 0 Å². The van der Waals surface area contributed by atoms with Crippen molar-refractivity contribution in [2.75, 3.05) is 6.54 Å². The lowest BCUT2D eigenvalue weighted by molar-refractivity contribution is 0.150. The minimum atomic E-state index is 0.882. The molecule has 1 aliphatic heterocycles. The third-order valence-corrected chi connectivity index (χ3v) is 3.54. The van der Waals surface area contributed by atoms with E-state index in [2.05, 4.69) is 12.2 Å². The zero-order chi connectivity index (χ0) is 7.68. The summed E-state index contributed by atoms with van der Waals surface area (Å²) in [6.07, 6.45) is 7.26. The molecule has 1 heterocycles. The monoisotopic (exact) mass is 153 g/mol. The Labute approximate surface area is 69.6 Å². The molecule has 0 aromatic heterocycles. The standard InChI is InChI=1S/C10H19N/c1-8-4-2-6-10-9(8)5-3-7-11-10/h8-11H,2-7H2,1H3/t8-,9?,10?/m0/s1. The van der Waals surface area contributed by atoms with Crippen LogP contribution in [0.25, 0.3) is 0 Å². The van der Waals surface area contributed by atoms with Gasteiger partial charge >= 0.3 is 0 Å². The summed E-state index contributed by atoms with van der Waals surface area (Å²) >= 11 is 0. The highest BCUT2D eigenvalue weighted by Crippen LogP contribution is 2.34. The van der Waals surface area contributed by atoms with Crippen molar-refractivity contribution in [2.24, 2.45) is 11.8 Å². The summed E-state index contributed by atoms with van der Waals surface area (Å²) in [6.45, 7) is 3.71. The molecular formula is C10H19N. The molecule has 1 nitrogen and oxygen atoms in total. The molecule has 2 rings (SSSR count). The Morgan fingerprint density at radius 2 is 2.00 bits per heavy atom. The Balaban J connectivity index is 1.99. The van der Waals surface area contributed by atoms with E-state index in [0.717, 1.165) is 17.9 Å². The average molecular weight is 153 g/mol. The molecule has 0 amide bonds. The van der Waals surface area contributed by atoms with Gasteiger partial charge in [0.2, 0.25) is 0 Å². The van der Waals surface area contributed by atoms with Crippen LogP contribution in [-0.2, 0) is 0 Å². The number of fused-ring (bicyclic) bond motifs is 1. The number of piperidine rings is 1. The first kappa shape index (κ1) is 7.60. The fourth-order valence-electron chi connectivity index (χ4n) is 2.85. The molecule has 11 heavy (non-hydrogen) atoms. The third-order valence-electron chi connectivity index (χ3n) is 3.54. The van der Waals surface area contributed by atoms with Crippen LogP contribution in [-0.4, -0.2) is 12.6 Å². The Morgan fingerprint density at radius 3 is 2.82 bits per heavy atom. The quantitative estimate of drug-likeness (QED) is 0.562. The molecule has 1 saturated carbocycles. The van der Waals surface area contributed by atoms with Crippen molar-refractivity contribution in [3.05, 3.63) is 0 Å². The Hall–Kier alpha value is -0.0400. The lowest BCUT2D eigenvalue weighted by Gasteiger charge is -2.40. The van der Waals surface area contributed by atoms with Crippen LogP contribution in [0.3, 0.4) is 0 Å². The Morgan fingerprint density at radius 1 is 1.09 bits per heavy atom. The van der Waals surface area contributed by atoms with E-state index in [1.54, 1.807) is 0 Å². The topological polar surface area (TPSA) is 12.0 Å². The SMILES string of the molecule is C[C@H]1CCCC2NCCCC21. The van der Waals surface area contributed by atoms with Crippen LogP contribution in [0.15, 0.2) is 0 Å². The zero-order valence-corrected chi connectivity index (χ0v) is 7.47. The predicted octanol–water partition coefficient (Wildman–Crippen LogP) is 2.17. The van der Waals surface area contributed by atoms with Crippen molar-refractivity contribution >= 4 is 0 Å². The predicted molar refractivity (Wildman–Crippen MR) is 47.5 cm³/mol. The van der Waals surface area contributed by atoms with Crippen LogP contribution in [0.5, 0.6) is 0 Å². The molecule has 0 radical (unpaired) electrons. The molecule has 1 N–H and O–H groups in total. The van der Waals surface area contributed by atoms with Crippen LogP contribution >= 0.6 is 0 Å². The van der Waals surface area contributed by atoms with Gasteiger partial charge in [-0.2, -0.15) is 0 Å². The van der Waals surface area contributed by atoms with Crippen LogP contribution in [0.2, 0.25) is 0 Å². The van der Waals surface area contributed by atoms with Gasteiger partial charge in [-0.15, -0.1) is 0 Å². The first-order valence-corrected chi connectivity index (χ1v) is 5.11. The molecule has 0 bridgehead atoms. The van der Waals surface area contributed by atoms with Crippen molar-refractivity contribution < 1.29 is 0 Å². The van der Waals surface area contributed by atoms with E-state index in [9.17, 15) is 0 Å². The maximum Gasteiger partial charge on any atom is 0.00978 e. The summed E-state index contributed by atoms with van der Waals surface area (Å²) in [6, 6.07) is 0.882. The van der Waals surface area contributed by atoms with Crippen molar-refractivity contribution in [2.45, 2.75) is 45.1 Å². The van der Waals surface area contributed by atoms with Gasteiger partial charge in [-0.25, -0.2) is 0 Å². The highest BCUT2D eigenvalue weighted by atomic mass is 14.9. The third kappa shape index (κ3) is 1.44. The molecule has 0 aromatic carbocycles. The first-order valence-electron chi connectivity index (χ1n) is 5.11. The van der Waals surface area contributed by atoms with Crippen LogP contribution in [0, 0.1) is 11.8 Å². The van der Waals surface area contributed by atoms with E-state index < -0.39 is 0 Å². The van der Waals surface area contributed by atoms with Gasteiger partial charge in [-0.3, -0.25) is 0 Å². The summed E-state index contributed by atoms with van der Waals surface area (Å²) in [5.41, 5.74) is 0.